The fraction of sp³-hybridized carbons (Fsp3) is 0.269. The lowest BCUT2D eigenvalue weighted by atomic mass is 9.96. The second-order valence-electron chi connectivity index (χ2n) is 8.40. The summed E-state index contributed by atoms with van der Waals surface area (Å²) in [4.78, 5) is 33.2. The minimum absolute atomic E-state index is 0.177. The molecule has 0 saturated heterocycles. The number of halogens is 1. The fourth-order valence-electron chi connectivity index (χ4n) is 3.75. The molecule has 0 spiro atoms. The SMILES string of the molecule is CSc1ccc(C2C(C(=O)OCC(C)C)=C(C)N=c3sc(=Cc4cccc(Br)c4)c(=O)n32)cc1. The molecule has 176 valence electrons. The Bertz CT molecular complexity index is 1440. The number of carbonyl (C=O) groups excluding carboxylic acids is 1. The number of aromatic nitrogens is 1. The van der Waals surface area contributed by atoms with Crippen molar-refractivity contribution >= 4 is 51.1 Å². The van der Waals surface area contributed by atoms with E-state index in [0.717, 1.165) is 20.5 Å². The standard InChI is InChI=1S/C26H25BrN2O3S2/c1-15(2)14-32-25(31)22-16(3)28-26-29(23(22)18-8-10-20(33-4)11-9-18)24(30)21(34-26)13-17-6-5-7-19(27)12-17/h5-13,15,23H,14H2,1-4H3. The highest BCUT2D eigenvalue weighted by Gasteiger charge is 2.33. The third-order valence-electron chi connectivity index (χ3n) is 5.37. The molecule has 0 N–H and O–H groups in total. The number of thioether (sulfide) groups is 1. The topological polar surface area (TPSA) is 60.7 Å². The first-order valence-electron chi connectivity index (χ1n) is 10.9. The van der Waals surface area contributed by atoms with Crippen LogP contribution in [0.4, 0.5) is 0 Å². The monoisotopic (exact) mass is 556 g/mol. The van der Waals surface area contributed by atoms with Crippen LogP contribution in [0, 0.1) is 5.92 Å². The fourth-order valence-corrected chi connectivity index (χ4v) is 5.62. The van der Waals surface area contributed by atoms with Crippen molar-refractivity contribution < 1.29 is 9.53 Å². The van der Waals surface area contributed by atoms with Crippen LogP contribution in [0.25, 0.3) is 6.08 Å². The first kappa shape index (κ1) is 24.7. The van der Waals surface area contributed by atoms with Crippen LogP contribution < -0.4 is 14.9 Å². The molecule has 0 radical (unpaired) electrons. The Morgan fingerprint density at radius 2 is 2.00 bits per heavy atom. The Balaban J connectivity index is 1.90. The van der Waals surface area contributed by atoms with E-state index in [1.807, 2.05) is 74.7 Å². The Morgan fingerprint density at radius 1 is 1.26 bits per heavy atom. The second kappa shape index (κ2) is 10.5. The molecule has 8 heteroatoms. The molecule has 0 bridgehead atoms. The maximum Gasteiger partial charge on any atom is 0.338 e. The molecule has 1 atom stereocenters. The maximum absolute atomic E-state index is 13.6. The minimum atomic E-state index is -0.600. The highest BCUT2D eigenvalue weighted by Crippen LogP contribution is 2.31. The van der Waals surface area contributed by atoms with E-state index in [2.05, 4.69) is 20.9 Å². The van der Waals surface area contributed by atoms with Gasteiger partial charge in [0, 0.05) is 9.37 Å². The molecule has 1 aromatic heterocycles. The Hall–Kier alpha value is -2.42. The highest BCUT2D eigenvalue weighted by molar-refractivity contribution is 9.10. The summed E-state index contributed by atoms with van der Waals surface area (Å²) in [6.45, 7) is 6.09. The predicted molar refractivity (Wildman–Crippen MR) is 142 cm³/mol. The van der Waals surface area contributed by atoms with Crippen LogP contribution in [-0.2, 0) is 9.53 Å². The second-order valence-corrected chi connectivity index (χ2v) is 11.2. The normalized spacial score (nSPS) is 15.9. The van der Waals surface area contributed by atoms with E-state index in [1.54, 1.807) is 23.3 Å². The van der Waals surface area contributed by atoms with E-state index in [1.165, 1.54) is 11.3 Å². The van der Waals surface area contributed by atoms with Gasteiger partial charge in [0.25, 0.3) is 5.56 Å². The van der Waals surface area contributed by atoms with Gasteiger partial charge in [-0.2, -0.15) is 0 Å². The first-order valence-corrected chi connectivity index (χ1v) is 13.7. The van der Waals surface area contributed by atoms with Crippen LogP contribution in [0.5, 0.6) is 0 Å². The lowest BCUT2D eigenvalue weighted by Gasteiger charge is -2.25. The molecular weight excluding hydrogens is 532 g/mol. The van der Waals surface area contributed by atoms with Gasteiger partial charge in [0.15, 0.2) is 4.80 Å². The van der Waals surface area contributed by atoms with Gasteiger partial charge in [-0.25, -0.2) is 9.79 Å². The van der Waals surface area contributed by atoms with Crippen LogP contribution in [-0.4, -0.2) is 23.4 Å². The van der Waals surface area contributed by atoms with Crippen molar-refractivity contribution in [2.45, 2.75) is 31.7 Å². The first-order chi connectivity index (χ1) is 16.3. The van der Waals surface area contributed by atoms with Gasteiger partial charge >= 0.3 is 5.97 Å². The van der Waals surface area contributed by atoms with E-state index in [-0.39, 0.29) is 11.5 Å². The smallest absolute Gasteiger partial charge is 0.338 e. The predicted octanol–water partition coefficient (Wildman–Crippen LogP) is 4.92. The van der Waals surface area contributed by atoms with Gasteiger partial charge < -0.3 is 4.74 Å². The van der Waals surface area contributed by atoms with E-state index in [0.29, 0.717) is 27.2 Å². The van der Waals surface area contributed by atoms with Crippen LogP contribution >= 0.6 is 39.0 Å². The molecule has 0 aliphatic carbocycles. The van der Waals surface area contributed by atoms with Crippen molar-refractivity contribution in [3.8, 4) is 0 Å². The molecule has 0 fully saturated rings. The van der Waals surface area contributed by atoms with Crippen molar-refractivity contribution in [1.82, 2.24) is 4.57 Å². The average molecular weight is 558 g/mol. The van der Waals surface area contributed by atoms with Crippen LogP contribution in [0.2, 0.25) is 0 Å². The number of ether oxygens (including phenoxy) is 1. The molecule has 2 aromatic carbocycles. The summed E-state index contributed by atoms with van der Waals surface area (Å²) in [5.74, 6) is -0.231. The molecule has 0 saturated carbocycles. The zero-order chi connectivity index (χ0) is 24.4. The number of benzene rings is 2. The lowest BCUT2D eigenvalue weighted by molar-refractivity contribution is -0.140. The number of thiazole rings is 1. The number of allylic oxidation sites excluding steroid dienone is 1. The summed E-state index contributed by atoms with van der Waals surface area (Å²) < 4.78 is 8.72. The number of fused-ring (bicyclic) bond motifs is 1. The molecule has 4 rings (SSSR count). The van der Waals surface area contributed by atoms with Crippen molar-refractivity contribution in [2.75, 3.05) is 12.9 Å². The number of hydrogen-bond acceptors (Lipinski definition) is 6. The number of esters is 1. The van der Waals surface area contributed by atoms with Crippen molar-refractivity contribution in [3.05, 3.63) is 95.1 Å². The van der Waals surface area contributed by atoms with E-state index in [4.69, 9.17) is 4.74 Å². The summed E-state index contributed by atoms with van der Waals surface area (Å²) in [7, 11) is 0. The van der Waals surface area contributed by atoms with Crippen molar-refractivity contribution in [1.29, 1.82) is 0 Å². The van der Waals surface area contributed by atoms with Gasteiger partial charge in [-0.3, -0.25) is 9.36 Å². The number of hydrogen-bond donors (Lipinski definition) is 0. The molecule has 1 unspecified atom stereocenters. The Kier molecular flexibility index (Phi) is 7.60. The zero-order valence-corrected chi connectivity index (χ0v) is 22.6. The van der Waals surface area contributed by atoms with Crippen LogP contribution in [0.15, 0.2) is 79.0 Å². The van der Waals surface area contributed by atoms with E-state index in [9.17, 15) is 9.59 Å². The summed E-state index contributed by atoms with van der Waals surface area (Å²) in [5, 5.41) is 0. The summed E-state index contributed by atoms with van der Waals surface area (Å²) >= 11 is 6.45. The Morgan fingerprint density at radius 3 is 2.65 bits per heavy atom. The molecule has 5 nitrogen and oxygen atoms in total. The third-order valence-corrected chi connectivity index (χ3v) is 7.59. The lowest BCUT2D eigenvalue weighted by Crippen LogP contribution is -2.40. The van der Waals surface area contributed by atoms with Crippen LogP contribution in [0.3, 0.4) is 0 Å². The number of nitrogens with zero attached hydrogens (tertiary/aromatic N) is 2. The molecule has 0 amide bonds. The van der Waals surface area contributed by atoms with Crippen molar-refractivity contribution in [3.63, 3.8) is 0 Å². The summed E-state index contributed by atoms with van der Waals surface area (Å²) in [6.07, 6.45) is 3.87. The van der Waals surface area contributed by atoms with Gasteiger partial charge in [-0.1, -0.05) is 65.4 Å². The Labute approximate surface area is 215 Å². The van der Waals surface area contributed by atoms with E-state index < -0.39 is 12.0 Å². The van der Waals surface area contributed by atoms with Gasteiger partial charge in [0.2, 0.25) is 0 Å². The van der Waals surface area contributed by atoms with Gasteiger partial charge in [-0.05, 0) is 60.6 Å². The molecule has 1 aliphatic heterocycles. The third kappa shape index (κ3) is 5.14. The average Bonchev–Trinajstić information content (AvgIpc) is 3.11. The van der Waals surface area contributed by atoms with Gasteiger partial charge in [0.1, 0.15) is 0 Å². The molecule has 34 heavy (non-hydrogen) atoms. The summed E-state index contributed by atoms with van der Waals surface area (Å²) in [6, 6.07) is 15.1. The minimum Gasteiger partial charge on any atom is -0.462 e. The maximum atomic E-state index is 13.6. The van der Waals surface area contributed by atoms with Gasteiger partial charge in [-0.15, -0.1) is 11.8 Å². The molecule has 2 heterocycles. The largest absolute Gasteiger partial charge is 0.462 e. The van der Waals surface area contributed by atoms with Crippen LogP contribution in [0.1, 0.15) is 37.9 Å². The summed E-state index contributed by atoms with van der Waals surface area (Å²) in [5.41, 5.74) is 2.55. The molecule has 3 aromatic rings. The number of rotatable bonds is 6. The zero-order valence-electron chi connectivity index (χ0n) is 19.4. The van der Waals surface area contributed by atoms with E-state index >= 15 is 0 Å². The number of carbonyl (C=O) groups is 1. The van der Waals surface area contributed by atoms with Gasteiger partial charge in [0.05, 0.1) is 28.5 Å². The highest BCUT2D eigenvalue weighted by atomic mass is 79.9. The van der Waals surface area contributed by atoms with Crippen molar-refractivity contribution in [2.24, 2.45) is 10.9 Å². The molecular formula is C26H25BrN2O3S2. The quantitative estimate of drug-likeness (QED) is 0.319. The molecule has 1 aliphatic rings.